The Kier molecular flexibility index (Phi) is 6.52. The summed E-state index contributed by atoms with van der Waals surface area (Å²) in [6, 6.07) is 12.0. The van der Waals surface area contributed by atoms with Gasteiger partial charge in [0.15, 0.2) is 0 Å². The van der Waals surface area contributed by atoms with Gasteiger partial charge >= 0.3 is 5.69 Å². The Labute approximate surface area is 205 Å². The van der Waals surface area contributed by atoms with Gasteiger partial charge in [0, 0.05) is 42.4 Å². The highest BCUT2D eigenvalue weighted by Gasteiger charge is 2.29. The maximum Gasteiger partial charge on any atom is 0.326 e. The topological polar surface area (TPSA) is 79.4 Å². The van der Waals surface area contributed by atoms with Crippen molar-refractivity contribution < 1.29 is 9.53 Å². The Morgan fingerprint density at radius 3 is 2.66 bits per heavy atom. The van der Waals surface area contributed by atoms with Crippen LogP contribution in [0.1, 0.15) is 49.3 Å². The minimum absolute atomic E-state index is 0.0390. The molecule has 7 nitrogen and oxygen atoms in total. The Hall–Kier alpha value is -3.32. The largest absolute Gasteiger partial charge is 0.496 e. The lowest BCUT2D eigenvalue weighted by molar-refractivity contribution is -0.121. The smallest absolute Gasteiger partial charge is 0.326 e. The van der Waals surface area contributed by atoms with Crippen LogP contribution in [-0.4, -0.2) is 47.6 Å². The number of carbonyl (C=O) groups is 1. The molecule has 1 aliphatic heterocycles. The number of aryl methyl sites for hydroxylation is 1. The SMILES string of the molecule is COc1cc(NC(=O)[C@H]2CC[C@@H](n3c(=O)[nH]c4c(C5=CCN(C)CC5)cccc43)CC2)ccc1C. The Morgan fingerprint density at radius 2 is 1.94 bits per heavy atom. The summed E-state index contributed by atoms with van der Waals surface area (Å²) in [5, 5.41) is 3.05. The van der Waals surface area contributed by atoms with Gasteiger partial charge in [-0.1, -0.05) is 24.3 Å². The summed E-state index contributed by atoms with van der Waals surface area (Å²) in [5.41, 5.74) is 6.06. The molecule has 35 heavy (non-hydrogen) atoms. The fourth-order valence-electron chi connectivity index (χ4n) is 5.53. The number of aromatic amines is 1. The fraction of sp³-hybridized carbons (Fsp3) is 0.429. The molecule has 7 heteroatoms. The van der Waals surface area contributed by atoms with Gasteiger partial charge in [0.1, 0.15) is 5.75 Å². The second kappa shape index (κ2) is 9.74. The summed E-state index contributed by atoms with van der Waals surface area (Å²) in [6.07, 6.45) is 6.38. The quantitative estimate of drug-likeness (QED) is 0.560. The number of hydrogen-bond acceptors (Lipinski definition) is 4. The van der Waals surface area contributed by atoms with E-state index in [9.17, 15) is 9.59 Å². The molecule has 1 saturated carbocycles. The first kappa shape index (κ1) is 23.4. The number of likely N-dealkylation sites (N-methyl/N-ethyl adjacent to an activating group) is 1. The lowest BCUT2D eigenvalue weighted by Gasteiger charge is -2.28. The molecule has 2 heterocycles. The van der Waals surface area contributed by atoms with E-state index in [-0.39, 0.29) is 23.6 Å². The number of aromatic nitrogens is 2. The molecule has 1 fully saturated rings. The lowest BCUT2D eigenvalue weighted by atomic mass is 9.85. The van der Waals surface area contributed by atoms with E-state index >= 15 is 0 Å². The van der Waals surface area contributed by atoms with E-state index in [2.05, 4.69) is 40.5 Å². The second-order valence-corrected chi connectivity index (χ2v) is 9.92. The van der Waals surface area contributed by atoms with E-state index in [4.69, 9.17) is 4.74 Å². The van der Waals surface area contributed by atoms with Gasteiger partial charge in [-0.25, -0.2) is 4.79 Å². The molecular weight excluding hydrogens is 440 g/mol. The van der Waals surface area contributed by atoms with Gasteiger partial charge in [0.25, 0.3) is 0 Å². The molecule has 5 rings (SSSR count). The van der Waals surface area contributed by atoms with Crippen LogP contribution in [-0.2, 0) is 4.79 Å². The first-order valence-corrected chi connectivity index (χ1v) is 12.5. The number of nitrogens with one attached hydrogen (secondary N) is 2. The highest BCUT2D eigenvalue weighted by atomic mass is 16.5. The third-order valence-corrected chi connectivity index (χ3v) is 7.62. The number of imidazole rings is 1. The van der Waals surface area contributed by atoms with Crippen molar-refractivity contribution in [1.29, 1.82) is 0 Å². The number of para-hydroxylation sites is 1. The molecular formula is C28H34N4O3. The van der Waals surface area contributed by atoms with E-state index in [1.807, 2.05) is 35.8 Å². The molecule has 0 atom stereocenters. The second-order valence-electron chi connectivity index (χ2n) is 9.92. The zero-order chi connectivity index (χ0) is 24.5. The van der Waals surface area contributed by atoms with Gasteiger partial charge in [-0.3, -0.25) is 9.36 Å². The number of anilines is 1. The third-order valence-electron chi connectivity index (χ3n) is 7.62. The number of methoxy groups -OCH3 is 1. The molecule has 1 amide bonds. The van der Waals surface area contributed by atoms with E-state index in [1.165, 1.54) is 5.57 Å². The molecule has 1 aliphatic carbocycles. The van der Waals surface area contributed by atoms with E-state index in [1.54, 1.807) is 7.11 Å². The Bertz CT molecular complexity index is 1330. The minimum atomic E-state index is -0.0561. The first-order chi connectivity index (χ1) is 16.9. The molecule has 0 bridgehead atoms. The summed E-state index contributed by atoms with van der Waals surface area (Å²) >= 11 is 0. The van der Waals surface area contributed by atoms with Gasteiger partial charge in [-0.05, 0) is 69.3 Å². The molecule has 2 N–H and O–H groups in total. The van der Waals surface area contributed by atoms with Crippen LogP contribution >= 0.6 is 0 Å². The van der Waals surface area contributed by atoms with Crippen LogP contribution in [0.4, 0.5) is 5.69 Å². The zero-order valence-corrected chi connectivity index (χ0v) is 20.8. The normalized spacial score (nSPS) is 21.1. The van der Waals surface area contributed by atoms with Crippen LogP contribution in [0.15, 0.2) is 47.3 Å². The van der Waals surface area contributed by atoms with E-state index < -0.39 is 0 Å². The van der Waals surface area contributed by atoms with Crippen molar-refractivity contribution in [3.8, 4) is 5.75 Å². The van der Waals surface area contributed by atoms with Gasteiger partial charge in [-0.15, -0.1) is 0 Å². The zero-order valence-electron chi connectivity index (χ0n) is 20.8. The molecule has 0 unspecified atom stereocenters. The van der Waals surface area contributed by atoms with Gasteiger partial charge in [-0.2, -0.15) is 0 Å². The monoisotopic (exact) mass is 474 g/mol. The molecule has 2 aromatic carbocycles. The number of fused-ring (bicyclic) bond motifs is 1. The molecule has 2 aliphatic rings. The van der Waals surface area contributed by atoms with Crippen LogP contribution < -0.4 is 15.7 Å². The molecule has 3 aromatic rings. The maximum absolute atomic E-state index is 13.1. The minimum Gasteiger partial charge on any atom is -0.496 e. The predicted molar refractivity (Wildman–Crippen MR) is 140 cm³/mol. The third kappa shape index (κ3) is 4.65. The van der Waals surface area contributed by atoms with Crippen molar-refractivity contribution in [3.63, 3.8) is 0 Å². The number of carbonyl (C=O) groups excluding carboxylic acids is 1. The standard InChI is InChI=1S/C28H34N4O3/c1-18-7-10-21(17-25(18)35-3)29-27(33)20-8-11-22(12-9-20)32-24-6-4-5-23(26(24)30-28(32)34)19-13-15-31(2)16-14-19/h4-7,10,13,17,20,22H,8-9,11-12,14-16H2,1-3H3,(H,29,33)(H,30,34)/t20-,22+. The lowest BCUT2D eigenvalue weighted by Crippen LogP contribution is -2.31. The number of amides is 1. The summed E-state index contributed by atoms with van der Waals surface area (Å²) < 4.78 is 7.30. The van der Waals surface area contributed by atoms with Crippen molar-refractivity contribution in [2.24, 2.45) is 5.92 Å². The molecule has 0 saturated heterocycles. The van der Waals surface area contributed by atoms with E-state index in [0.29, 0.717) is 0 Å². The highest BCUT2D eigenvalue weighted by molar-refractivity contribution is 5.93. The van der Waals surface area contributed by atoms with Crippen LogP contribution in [0.25, 0.3) is 16.6 Å². The van der Waals surface area contributed by atoms with Crippen LogP contribution in [0.3, 0.4) is 0 Å². The molecule has 184 valence electrons. The summed E-state index contributed by atoms with van der Waals surface area (Å²) in [5.74, 6) is 0.747. The van der Waals surface area contributed by atoms with Crippen LogP contribution in [0.5, 0.6) is 5.75 Å². The van der Waals surface area contributed by atoms with Crippen molar-refractivity contribution >= 4 is 28.2 Å². The molecule has 0 spiro atoms. The maximum atomic E-state index is 13.1. The number of H-pyrrole nitrogens is 1. The van der Waals surface area contributed by atoms with Crippen molar-refractivity contribution in [2.75, 3.05) is 32.6 Å². The average molecular weight is 475 g/mol. The first-order valence-electron chi connectivity index (χ1n) is 12.5. The van der Waals surface area contributed by atoms with Crippen molar-refractivity contribution in [2.45, 2.75) is 45.1 Å². The highest BCUT2D eigenvalue weighted by Crippen LogP contribution is 2.35. The van der Waals surface area contributed by atoms with Crippen LogP contribution in [0.2, 0.25) is 0 Å². The van der Waals surface area contributed by atoms with E-state index in [0.717, 1.165) is 78.8 Å². The van der Waals surface area contributed by atoms with Crippen molar-refractivity contribution in [3.05, 3.63) is 64.1 Å². The summed E-state index contributed by atoms with van der Waals surface area (Å²) in [4.78, 5) is 31.4. The number of benzene rings is 2. The van der Waals surface area contributed by atoms with Gasteiger partial charge in [0.05, 0.1) is 18.1 Å². The summed E-state index contributed by atoms with van der Waals surface area (Å²) in [6.45, 7) is 3.93. The van der Waals surface area contributed by atoms with Crippen molar-refractivity contribution in [1.82, 2.24) is 14.5 Å². The Morgan fingerprint density at radius 1 is 1.14 bits per heavy atom. The molecule has 1 aromatic heterocycles. The predicted octanol–water partition coefficient (Wildman–Crippen LogP) is 4.74. The van der Waals surface area contributed by atoms with Gasteiger partial charge < -0.3 is 19.9 Å². The van der Waals surface area contributed by atoms with Crippen LogP contribution in [0, 0.1) is 12.8 Å². The number of hydrogen-bond donors (Lipinski definition) is 2. The number of rotatable bonds is 5. The molecule has 0 radical (unpaired) electrons. The Balaban J connectivity index is 1.30. The summed E-state index contributed by atoms with van der Waals surface area (Å²) in [7, 11) is 3.76. The number of ether oxygens (including phenoxy) is 1. The fourth-order valence-corrected chi connectivity index (χ4v) is 5.53. The van der Waals surface area contributed by atoms with Gasteiger partial charge in [0.2, 0.25) is 5.91 Å². The number of nitrogens with zero attached hydrogens (tertiary/aromatic N) is 2. The average Bonchev–Trinajstić information content (AvgIpc) is 3.21.